The maximum absolute atomic E-state index is 5.64. The number of allylic oxidation sites excluding steroid dienone is 2. The first-order valence-electron chi connectivity index (χ1n) is 10.1. The van der Waals surface area contributed by atoms with E-state index in [2.05, 4.69) is 58.6 Å². The van der Waals surface area contributed by atoms with Crippen LogP contribution >= 0.6 is 0 Å². The van der Waals surface area contributed by atoms with Crippen LogP contribution < -0.4 is 15.5 Å². The molecular formula is C22H29N5O. The van der Waals surface area contributed by atoms with Crippen LogP contribution in [0.5, 0.6) is 0 Å². The van der Waals surface area contributed by atoms with Crippen LogP contribution in [0.1, 0.15) is 31.5 Å². The minimum Gasteiger partial charge on any atom is -0.501 e. The van der Waals surface area contributed by atoms with Crippen molar-refractivity contribution < 1.29 is 4.74 Å². The van der Waals surface area contributed by atoms with Crippen molar-refractivity contribution in [2.45, 2.75) is 26.7 Å². The Morgan fingerprint density at radius 2 is 1.86 bits per heavy atom. The fourth-order valence-corrected chi connectivity index (χ4v) is 4.01. The van der Waals surface area contributed by atoms with Crippen molar-refractivity contribution in [3.8, 4) is 0 Å². The monoisotopic (exact) mass is 379 g/mol. The molecule has 0 saturated carbocycles. The summed E-state index contributed by atoms with van der Waals surface area (Å²) >= 11 is 0. The van der Waals surface area contributed by atoms with Crippen molar-refractivity contribution in [2.24, 2.45) is 5.92 Å². The van der Waals surface area contributed by atoms with Crippen LogP contribution in [-0.2, 0) is 11.2 Å². The van der Waals surface area contributed by atoms with Gasteiger partial charge in [0.05, 0.1) is 12.8 Å². The Morgan fingerprint density at radius 1 is 1.11 bits per heavy atom. The summed E-state index contributed by atoms with van der Waals surface area (Å²) in [5.74, 6) is 2.03. The van der Waals surface area contributed by atoms with Crippen LogP contribution in [0.15, 0.2) is 36.2 Å². The number of hydrogen-bond acceptors (Lipinski definition) is 6. The molecule has 6 nitrogen and oxygen atoms in total. The number of nitrogens with zero attached hydrogens (tertiary/aromatic N) is 3. The van der Waals surface area contributed by atoms with E-state index in [1.165, 1.54) is 16.8 Å². The zero-order valence-electron chi connectivity index (χ0n) is 17.0. The number of aromatic nitrogens is 2. The number of benzene rings is 1. The van der Waals surface area contributed by atoms with E-state index in [9.17, 15) is 0 Å². The number of methoxy groups -OCH3 is 1. The first kappa shape index (κ1) is 18.7. The van der Waals surface area contributed by atoms with Crippen molar-refractivity contribution in [1.82, 2.24) is 15.3 Å². The predicted molar refractivity (Wildman–Crippen MR) is 114 cm³/mol. The maximum Gasteiger partial charge on any atom is 0.227 e. The van der Waals surface area contributed by atoms with E-state index in [-0.39, 0.29) is 0 Å². The van der Waals surface area contributed by atoms with Crippen molar-refractivity contribution in [3.63, 3.8) is 0 Å². The molecule has 2 aliphatic rings. The highest BCUT2D eigenvalue weighted by molar-refractivity contribution is 5.71. The second-order valence-corrected chi connectivity index (χ2v) is 7.67. The van der Waals surface area contributed by atoms with Gasteiger partial charge in [-0.1, -0.05) is 13.8 Å². The molecule has 1 aromatic carbocycles. The van der Waals surface area contributed by atoms with Crippen LogP contribution in [0.25, 0.3) is 5.57 Å². The summed E-state index contributed by atoms with van der Waals surface area (Å²) in [5, 5.41) is 6.75. The van der Waals surface area contributed by atoms with Gasteiger partial charge < -0.3 is 20.3 Å². The largest absolute Gasteiger partial charge is 0.501 e. The number of rotatable bonds is 5. The Hall–Kier alpha value is -2.60. The standard InChI is InChI=1S/C22H29N5O/c1-15(2)20-19(28-3)9-4-16-14-24-22(26-21(16)20)25-17-5-7-18(8-6-17)27-12-10-23-11-13-27/h5-8,14-15,23H,4,9-13H2,1-3H3,(H,24,25,26). The Labute approximate surface area is 167 Å². The third-order valence-corrected chi connectivity index (χ3v) is 5.47. The highest BCUT2D eigenvalue weighted by atomic mass is 16.5. The van der Waals surface area contributed by atoms with E-state index in [0.29, 0.717) is 11.9 Å². The summed E-state index contributed by atoms with van der Waals surface area (Å²) in [4.78, 5) is 11.8. The molecule has 2 aromatic rings. The third-order valence-electron chi connectivity index (χ3n) is 5.47. The van der Waals surface area contributed by atoms with Crippen molar-refractivity contribution >= 4 is 22.9 Å². The lowest BCUT2D eigenvalue weighted by Crippen LogP contribution is -2.43. The SMILES string of the molecule is COC1=C(C(C)C)c2nc(Nc3ccc(N4CCNCC4)cc3)ncc2CC1. The number of ether oxygens (including phenoxy) is 1. The average Bonchev–Trinajstić information content (AvgIpc) is 2.73. The van der Waals surface area contributed by atoms with E-state index in [4.69, 9.17) is 9.72 Å². The molecule has 148 valence electrons. The van der Waals surface area contributed by atoms with E-state index < -0.39 is 0 Å². The topological polar surface area (TPSA) is 62.3 Å². The molecule has 2 N–H and O–H groups in total. The molecule has 0 bridgehead atoms. The summed E-state index contributed by atoms with van der Waals surface area (Å²) in [6.07, 6.45) is 3.80. The lowest BCUT2D eigenvalue weighted by atomic mass is 9.88. The van der Waals surface area contributed by atoms with Crippen LogP contribution in [0.4, 0.5) is 17.3 Å². The van der Waals surface area contributed by atoms with Gasteiger partial charge in [0.1, 0.15) is 5.76 Å². The fraction of sp³-hybridized carbons (Fsp3) is 0.455. The summed E-state index contributed by atoms with van der Waals surface area (Å²) < 4.78 is 5.64. The predicted octanol–water partition coefficient (Wildman–Crippen LogP) is 3.59. The molecule has 6 heteroatoms. The van der Waals surface area contributed by atoms with Gasteiger partial charge in [0.15, 0.2) is 0 Å². The van der Waals surface area contributed by atoms with E-state index in [0.717, 1.165) is 56.2 Å². The number of piperazine rings is 1. The lowest BCUT2D eigenvalue weighted by molar-refractivity contribution is 0.275. The van der Waals surface area contributed by atoms with E-state index >= 15 is 0 Å². The number of nitrogens with one attached hydrogen (secondary N) is 2. The fourth-order valence-electron chi connectivity index (χ4n) is 4.01. The van der Waals surface area contributed by atoms with E-state index in [1.807, 2.05) is 6.20 Å². The van der Waals surface area contributed by atoms with Gasteiger partial charge in [-0.15, -0.1) is 0 Å². The molecule has 1 aromatic heterocycles. The molecule has 1 fully saturated rings. The molecule has 0 unspecified atom stereocenters. The summed E-state index contributed by atoms with van der Waals surface area (Å²) in [7, 11) is 1.75. The van der Waals surface area contributed by atoms with Crippen LogP contribution in [0, 0.1) is 5.92 Å². The first-order chi connectivity index (χ1) is 13.7. The Bertz CT molecular complexity index is 854. The quantitative estimate of drug-likeness (QED) is 0.828. The third kappa shape index (κ3) is 3.83. The molecule has 1 aliphatic carbocycles. The first-order valence-corrected chi connectivity index (χ1v) is 10.1. The Kier molecular flexibility index (Phi) is 5.48. The van der Waals surface area contributed by atoms with Crippen molar-refractivity contribution in [3.05, 3.63) is 47.5 Å². The minimum atomic E-state index is 0.357. The van der Waals surface area contributed by atoms with Crippen LogP contribution in [0.2, 0.25) is 0 Å². The highest BCUT2D eigenvalue weighted by Crippen LogP contribution is 2.35. The molecule has 2 heterocycles. The van der Waals surface area contributed by atoms with Gasteiger partial charge in [-0.2, -0.15) is 0 Å². The molecule has 1 aliphatic heterocycles. The van der Waals surface area contributed by atoms with E-state index in [1.54, 1.807) is 7.11 Å². The molecular weight excluding hydrogens is 350 g/mol. The zero-order valence-corrected chi connectivity index (χ0v) is 17.0. The number of fused-ring (bicyclic) bond motifs is 1. The Morgan fingerprint density at radius 3 is 2.54 bits per heavy atom. The minimum absolute atomic E-state index is 0.357. The average molecular weight is 380 g/mol. The van der Waals surface area contributed by atoms with Crippen molar-refractivity contribution in [1.29, 1.82) is 0 Å². The second kappa shape index (κ2) is 8.19. The van der Waals surface area contributed by atoms with Crippen molar-refractivity contribution in [2.75, 3.05) is 43.5 Å². The molecule has 0 radical (unpaired) electrons. The molecule has 28 heavy (non-hydrogen) atoms. The molecule has 0 atom stereocenters. The summed E-state index contributed by atoms with van der Waals surface area (Å²) in [6, 6.07) is 8.52. The van der Waals surface area contributed by atoms with Gasteiger partial charge in [0.25, 0.3) is 0 Å². The highest BCUT2D eigenvalue weighted by Gasteiger charge is 2.24. The smallest absolute Gasteiger partial charge is 0.227 e. The summed E-state index contributed by atoms with van der Waals surface area (Å²) in [5.41, 5.74) is 5.67. The summed E-state index contributed by atoms with van der Waals surface area (Å²) in [6.45, 7) is 8.55. The van der Waals surface area contributed by atoms with Gasteiger partial charge in [-0.3, -0.25) is 0 Å². The zero-order chi connectivity index (χ0) is 19.5. The molecule has 0 spiro atoms. The number of hydrogen-bond donors (Lipinski definition) is 2. The number of anilines is 3. The van der Waals surface area contributed by atoms with Gasteiger partial charge in [-0.25, -0.2) is 9.97 Å². The molecule has 4 rings (SSSR count). The van der Waals surface area contributed by atoms with Gasteiger partial charge in [0, 0.05) is 55.7 Å². The maximum atomic E-state index is 5.64. The second-order valence-electron chi connectivity index (χ2n) is 7.67. The normalized spacial score (nSPS) is 16.9. The Balaban J connectivity index is 1.55. The van der Waals surface area contributed by atoms with Crippen LogP contribution in [-0.4, -0.2) is 43.3 Å². The van der Waals surface area contributed by atoms with Crippen LogP contribution in [0.3, 0.4) is 0 Å². The molecule has 0 amide bonds. The van der Waals surface area contributed by atoms with Gasteiger partial charge in [-0.05, 0) is 42.2 Å². The molecule has 1 saturated heterocycles. The van der Waals surface area contributed by atoms with Gasteiger partial charge in [0.2, 0.25) is 5.95 Å². The lowest BCUT2D eigenvalue weighted by Gasteiger charge is -2.29. The van der Waals surface area contributed by atoms with Gasteiger partial charge >= 0.3 is 0 Å². The number of aryl methyl sites for hydroxylation is 1.